The lowest BCUT2D eigenvalue weighted by Crippen LogP contribution is -2.18. The van der Waals surface area contributed by atoms with Gasteiger partial charge in [0.2, 0.25) is 11.8 Å². The van der Waals surface area contributed by atoms with Crippen molar-refractivity contribution >= 4 is 17.5 Å². The number of rotatable bonds is 6. The van der Waals surface area contributed by atoms with Crippen LogP contribution in [0, 0.1) is 0 Å². The first kappa shape index (κ1) is 23.5. The molecule has 34 heavy (non-hydrogen) atoms. The highest BCUT2D eigenvalue weighted by molar-refractivity contribution is 5.94. The van der Waals surface area contributed by atoms with E-state index in [-0.39, 0.29) is 24.2 Å². The molecule has 0 bridgehead atoms. The Labute approximate surface area is 194 Å². The van der Waals surface area contributed by atoms with Crippen LogP contribution in [0.5, 0.6) is 11.6 Å². The number of nitrogens with zero attached hydrogens (tertiary/aromatic N) is 2. The molecular formula is C24H23F3N4O3. The number of benzene rings is 2. The highest BCUT2D eigenvalue weighted by atomic mass is 19.4. The van der Waals surface area contributed by atoms with Gasteiger partial charge in [0.15, 0.2) is 0 Å². The van der Waals surface area contributed by atoms with Crippen LogP contribution in [0.15, 0.2) is 42.6 Å². The Morgan fingerprint density at radius 3 is 2.79 bits per heavy atom. The van der Waals surface area contributed by atoms with E-state index in [0.717, 1.165) is 11.1 Å². The third kappa shape index (κ3) is 4.96. The second-order valence-electron chi connectivity index (χ2n) is 7.64. The summed E-state index contributed by atoms with van der Waals surface area (Å²) in [4.78, 5) is 19.8. The first-order chi connectivity index (χ1) is 16.3. The molecule has 0 spiro atoms. The van der Waals surface area contributed by atoms with E-state index in [4.69, 9.17) is 9.47 Å². The van der Waals surface area contributed by atoms with Gasteiger partial charge in [-0.05, 0) is 48.2 Å². The van der Waals surface area contributed by atoms with Crippen molar-refractivity contribution in [3.63, 3.8) is 0 Å². The number of carbonyl (C=O) groups excluding carboxylic acids is 1. The number of aryl methyl sites for hydroxylation is 1. The normalized spacial score (nSPS) is 13.2. The molecule has 178 valence electrons. The summed E-state index contributed by atoms with van der Waals surface area (Å²) < 4.78 is 52.2. The van der Waals surface area contributed by atoms with Crippen LogP contribution in [0.4, 0.5) is 24.8 Å². The molecule has 3 aromatic rings. The lowest BCUT2D eigenvalue weighted by atomic mass is 10.0. The number of hydrogen-bond donors (Lipinski definition) is 2. The number of amides is 1. The third-order valence-electron chi connectivity index (χ3n) is 5.48. The first-order valence-corrected chi connectivity index (χ1v) is 10.7. The van der Waals surface area contributed by atoms with Crippen molar-refractivity contribution in [1.29, 1.82) is 0 Å². The van der Waals surface area contributed by atoms with Gasteiger partial charge in [-0.1, -0.05) is 19.1 Å². The summed E-state index contributed by atoms with van der Waals surface area (Å²) in [7, 11) is 1.54. The maximum Gasteiger partial charge on any atom is 0.423 e. The summed E-state index contributed by atoms with van der Waals surface area (Å²) in [6.45, 7) is 2.70. The van der Waals surface area contributed by atoms with Gasteiger partial charge in [-0.15, -0.1) is 0 Å². The zero-order valence-electron chi connectivity index (χ0n) is 18.6. The van der Waals surface area contributed by atoms with Crippen LogP contribution in [-0.4, -0.2) is 29.5 Å². The van der Waals surface area contributed by atoms with E-state index in [9.17, 15) is 18.0 Å². The Balaban J connectivity index is 1.69. The summed E-state index contributed by atoms with van der Waals surface area (Å²) in [5.74, 6) is -0.648. The van der Waals surface area contributed by atoms with Crippen LogP contribution < -0.4 is 15.4 Å². The molecule has 10 heteroatoms. The van der Waals surface area contributed by atoms with E-state index < -0.39 is 17.6 Å². The summed E-state index contributed by atoms with van der Waals surface area (Å²) in [6, 6.07) is 10.2. The topological polar surface area (TPSA) is 85.4 Å². The van der Waals surface area contributed by atoms with Crippen LogP contribution >= 0.6 is 0 Å². The van der Waals surface area contributed by atoms with E-state index in [0.29, 0.717) is 42.5 Å². The van der Waals surface area contributed by atoms with Crippen LogP contribution in [0.25, 0.3) is 0 Å². The standard InChI is InChI=1S/C24H23F3N4O3/c1-3-14-11-16(21(32)28-2)7-8-19(14)30-23-29-12-18(24(25,26)27)22(31-23)34-20-6-4-5-15-9-10-33-13-17(15)20/h4-8,11-12H,3,9-10,13H2,1-2H3,(H,28,32)(H,29,30,31). The zero-order valence-corrected chi connectivity index (χ0v) is 18.6. The number of carbonyl (C=O) groups is 1. The fourth-order valence-electron chi connectivity index (χ4n) is 3.68. The highest BCUT2D eigenvalue weighted by Crippen LogP contribution is 2.39. The molecule has 2 N–H and O–H groups in total. The van der Waals surface area contributed by atoms with Crippen molar-refractivity contribution in [3.8, 4) is 11.6 Å². The number of aromatic nitrogens is 2. The number of anilines is 2. The average Bonchev–Trinajstić information content (AvgIpc) is 2.83. The summed E-state index contributed by atoms with van der Waals surface area (Å²) in [5, 5.41) is 5.51. The Bertz CT molecular complexity index is 1210. The van der Waals surface area contributed by atoms with E-state index in [1.54, 1.807) is 30.3 Å². The minimum Gasteiger partial charge on any atom is -0.438 e. The second-order valence-corrected chi connectivity index (χ2v) is 7.64. The van der Waals surface area contributed by atoms with E-state index in [1.165, 1.54) is 7.05 Å². The Morgan fingerprint density at radius 1 is 1.24 bits per heavy atom. The molecule has 7 nitrogen and oxygen atoms in total. The Hall–Kier alpha value is -3.66. The fraction of sp³-hybridized carbons (Fsp3) is 0.292. The van der Waals surface area contributed by atoms with Crippen molar-refractivity contribution in [2.45, 2.75) is 32.5 Å². The largest absolute Gasteiger partial charge is 0.438 e. The fourth-order valence-corrected chi connectivity index (χ4v) is 3.68. The van der Waals surface area contributed by atoms with Gasteiger partial charge in [-0.25, -0.2) is 4.98 Å². The average molecular weight is 472 g/mol. The molecule has 0 unspecified atom stereocenters. The Morgan fingerprint density at radius 2 is 2.06 bits per heavy atom. The maximum absolute atomic E-state index is 13.7. The molecule has 2 heterocycles. The predicted octanol–water partition coefficient (Wildman–Crippen LogP) is 5.03. The predicted molar refractivity (Wildman–Crippen MR) is 119 cm³/mol. The maximum atomic E-state index is 13.7. The number of nitrogens with one attached hydrogen (secondary N) is 2. The van der Waals surface area contributed by atoms with Crippen molar-refractivity contribution in [2.24, 2.45) is 0 Å². The van der Waals surface area contributed by atoms with Crippen molar-refractivity contribution < 1.29 is 27.4 Å². The number of halogens is 3. The number of ether oxygens (including phenoxy) is 2. The van der Waals surface area contributed by atoms with Crippen LogP contribution in [-0.2, 0) is 30.4 Å². The molecule has 0 fully saturated rings. The van der Waals surface area contributed by atoms with E-state index in [2.05, 4.69) is 20.6 Å². The minimum atomic E-state index is -4.71. The SMILES string of the molecule is CCc1cc(C(=O)NC)ccc1Nc1ncc(C(F)(F)F)c(Oc2cccc3c2COCC3)n1. The van der Waals surface area contributed by atoms with Crippen LogP contribution in [0.3, 0.4) is 0 Å². The lowest BCUT2D eigenvalue weighted by molar-refractivity contribution is -0.139. The van der Waals surface area contributed by atoms with Gasteiger partial charge in [0.1, 0.15) is 11.3 Å². The molecule has 0 radical (unpaired) electrons. The third-order valence-corrected chi connectivity index (χ3v) is 5.48. The van der Waals surface area contributed by atoms with Gasteiger partial charge in [0.05, 0.1) is 13.2 Å². The van der Waals surface area contributed by atoms with Crippen molar-refractivity contribution in [3.05, 3.63) is 70.4 Å². The van der Waals surface area contributed by atoms with Crippen molar-refractivity contribution in [2.75, 3.05) is 19.0 Å². The lowest BCUT2D eigenvalue weighted by Gasteiger charge is -2.20. The molecular weight excluding hydrogens is 449 g/mol. The second kappa shape index (κ2) is 9.68. The number of fused-ring (bicyclic) bond motifs is 1. The zero-order chi connectivity index (χ0) is 24.3. The molecule has 1 aromatic heterocycles. The number of hydrogen-bond acceptors (Lipinski definition) is 6. The quantitative estimate of drug-likeness (QED) is 0.524. The highest BCUT2D eigenvalue weighted by Gasteiger charge is 2.37. The van der Waals surface area contributed by atoms with Crippen LogP contribution in [0.2, 0.25) is 0 Å². The first-order valence-electron chi connectivity index (χ1n) is 10.7. The summed E-state index contributed by atoms with van der Waals surface area (Å²) in [5.41, 5.74) is 2.41. The monoisotopic (exact) mass is 472 g/mol. The van der Waals surface area contributed by atoms with E-state index >= 15 is 0 Å². The number of alkyl halides is 3. The molecule has 2 aromatic carbocycles. The molecule has 0 saturated heterocycles. The summed E-state index contributed by atoms with van der Waals surface area (Å²) in [6.07, 6.45) is -2.78. The molecule has 1 amide bonds. The Kier molecular flexibility index (Phi) is 6.69. The smallest absolute Gasteiger partial charge is 0.423 e. The van der Waals surface area contributed by atoms with Crippen molar-refractivity contribution in [1.82, 2.24) is 15.3 Å². The minimum absolute atomic E-state index is 0.0635. The molecule has 4 rings (SSSR count). The van der Waals surface area contributed by atoms with Gasteiger partial charge in [-0.3, -0.25) is 4.79 Å². The van der Waals surface area contributed by atoms with E-state index in [1.807, 2.05) is 13.0 Å². The summed E-state index contributed by atoms with van der Waals surface area (Å²) >= 11 is 0. The van der Waals surface area contributed by atoms with Gasteiger partial charge < -0.3 is 20.1 Å². The van der Waals surface area contributed by atoms with Crippen LogP contribution in [0.1, 0.15) is 39.5 Å². The van der Waals surface area contributed by atoms with Gasteiger partial charge in [0.25, 0.3) is 5.91 Å². The molecule has 1 aliphatic heterocycles. The van der Waals surface area contributed by atoms with Gasteiger partial charge in [0, 0.05) is 30.1 Å². The van der Waals surface area contributed by atoms with Gasteiger partial charge >= 0.3 is 6.18 Å². The molecule has 0 saturated carbocycles. The molecule has 0 atom stereocenters. The van der Waals surface area contributed by atoms with Gasteiger partial charge in [-0.2, -0.15) is 18.2 Å². The molecule has 1 aliphatic rings. The molecule has 0 aliphatic carbocycles.